The fourth-order valence-electron chi connectivity index (χ4n) is 2.31. The number of anilines is 1. The Hall–Kier alpha value is -1.13. The van der Waals surface area contributed by atoms with Crippen LogP contribution in [0.1, 0.15) is 25.3 Å². The van der Waals surface area contributed by atoms with E-state index in [0.29, 0.717) is 6.04 Å². The summed E-state index contributed by atoms with van der Waals surface area (Å²) in [7, 11) is 2.14. The third-order valence-electron chi connectivity index (χ3n) is 3.46. The lowest BCUT2D eigenvalue weighted by atomic mass is 10.1. The summed E-state index contributed by atoms with van der Waals surface area (Å²) >= 11 is 0. The van der Waals surface area contributed by atoms with E-state index < -0.39 is 0 Å². The molecule has 1 fully saturated rings. The number of pyridine rings is 1. The lowest BCUT2D eigenvalue weighted by Crippen LogP contribution is -2.33. The molecular weight excluding hydrogens is 226 g/mol. The maximum Gasteiger partial charge on any atom is 0.0670 e. The second kappa shape index (κ2) is 6.71. The minimum atomic E-state index is 0.485. The van der Waals surface area contributed by atoms with E-state index in [1.807, 2.05) is 12.4 Å². The average molecular weight is 249 g/mol. The topological polar surface area (TPSA) is 37.4 Å². The highest BCUT2D eigenvalue weighted by molar-refractivity contribution is 5.52. The fourth-order valence-corrected chi connectivity index (χ4v) is 2.31. The molecule has 100 valence electrons. The van der Waals surface area contributed by atoms with Crippen LogP contribution in [0.25, 0.3) is 0 Å². The van der Waals surface area contributed by atoms with Gasteiger partial charge in [-0.25, -0.2) is 0 Å². The summed E-state index contributed by atoms with van der Waals surface area (Å²) in [6.45, 7) is 5.84. The molecule has 1 aliphatic heterocycles. The molecule has 2 rings (SSSR count). The van der Waals surface area contributed by atoms with E-state index in [2.05, 4.69) is 35.2 Å². The van der Waals surface area contributed by atoms with Crippen molar-refractivity contribution in [2.45, 2.75) is 32.4 Å². The van der Waals surface area contributed by atoms with Crippen LogP contribution in [0.5, 0.6) is 0 Å². The van der Waals surface area contributed by atoms with Crippen molar-refractivity contribution in [2.75, 3.05) is 31.7 Å². The molecule has 0 bridgehead atoms. The summed E-state index contributed by atoms with van der Waals surface area (Å²) in [5, 5.41) is 3.45. The Kier molecular flexibility index (Phi) is 4.96. The van der Waals surface area contributed by atoms with Crippen LogP contribution in [-0.2, 0) is 11.3 Å². The first kappa shape index (κ1) is 13.3. The molecule has 1 aliphatic rings. The molecule has 0 aliphatic carbocycles. The van der Waals surface area contributed by atoms with E-state index in [4.69, 9.17) is 4.74 Å². The average Bonchev–Trinajstić information content (AvgIpc) is 2.93. The number of rotatable bonds is 6. The molecule has 1 aromatic rings. The summed E-state index contributed by atoms with van der Waals surface area (Å²) in [6.07, 6.45) is 6.09. The smallest absolute Gasteiger partial charge is 0.0670 e. The number of ether oxygens (including phenoxy) is 1. The van der Waals surface area contributed by atoms with Gasteiger partial charge in [0.25, 0.3) is 0 Å². The largest absolute Gasteiger partial charge is 0.379 e. The monoisotopic (exact) mass is 249 g/mol. The summed E-state index contributed by atoms with van der Waals surface area (Å²) in [5.74, 6) is 0. The van der Waals surface area contributed by atoms with Crippen LogP contribution in [0.3, 0.4) is 0 Å². The second-order valence-corrected chi connectivity index (χ2v) is 4.81. The van der Waals surface area contributed by atoms with Gasteiger partial charge in [-0.15, -0.1) is 0 Å². The van der Waals surface area contributed by atoms with Crippen molar-refractivity contribution in [1.82, 2.24) is 10.3 Å². The minimum absolute atomic E-state index is 0.485. The zero-order valence-electron chi connectivity index (χ0n) is 11.4. The Morgan fingerprint density at radius 2 is 2.44 bits per heavy atom. The molecule has 18 heavy (non-hydrogen) atoms. The Labute approximate surface area is 109 Å². The first-order valence-electron chi connectivity index (χ1n) is 6.77. The maximum absolute atomic E-state index is 5.46. The van der Waals surface area contributed by atoms with Gasteiger partial charge in [0.2, 0.25) is 0 Å². The van der Waals surface area contributed by atoms with Crippen molar-refractivity contribution in [3.05, 3.63) is 24.0 Å². The first-order valence-corrected chi connectivity index (χ1v) is 6.77. The molecule has 4 nitrogen and oxygen atoms in total. The minimum Gasteiger partial charge on any atom is -0.379 e. The summed E-state index contributed by atoms with van der Waals surface area (Å²) in [6, 6.07) is 2.59. The second-order valence-electron chi connectivity index (χ2n) is 4.81. The van der Waals surface area contributed by atoms with Gasteiger partial charge in [-0.1, -0.05) is 6.92 Å². The normalized spacial score (nSPS) is 19.1. The molecular formula is C14H23N3O. The van der Waals surface area contributed by atoms with Crippen LogP contribution in [0.4, 0.5) is 5.69 Å². The SMILES string of the molecule is CCCNCc1ccncc1N(C)C1CCOC1. The third kappa shape index (κ3) is 3.21. The molecule has 1 atom stereocenters. The zero-order chi connectivity index (χ0) is 12.8. The molecule has 2 heterocycles. The van der Waals surface area contributed by atoms with E-state index >= 15 is 0 Å². The van der Waals surface area contributed by atoms with Crippen LogP contribution in [0.15, 0.2) is 18.5 Å². The number of nitrogens with one attached hydrogen (secondary N) is 1. The molecule has 0 aromatic carbocycles. The van der Waals surface area contributed by atoms with Gasteiger partial charge in [-0.2, -0.15) is 0 Å². The van der Waals surface area contributed by atoms with Crippen molar-refractivity contribution in [3.8, 4) is 0 Å². The van der Waals surface area contributed by atoms with Crippen LogP contribution in [-0.4, -0.2) is 37.8 Å². The third-order valence-corrected chi connectivity index (χ3v) is 3.46. The Morgan fingerprint density at radius 1 is 1.56 bits per heavy atom. The predicted molar refractivity (Wildman–Crippen MR) is 73.9 cm³/mol. The molecule has 1 N–H and O–H groups in total. The van der Waals surface area contributed by atoms with Crippen molar-refractivity contribution in [1.29, 1.82) is 0 Å². The highest BCUT2D eigenvalue weighted by Gasteiger charge is 2.22. The number of hydrogen-bond acceptors (Lipinski definition) is 4. The van der Waals surface area contributed by atoms with Gasteiger partial charge in [-0.05, 0) is 31.0 Å². The Bertz CT molecular complexity index is 364. The Morgan fingerprint density at radius 3 is 3.17 bits per heavy atom. The summed E-state index contributed by atoms with van der Waals surface area (Å²) in [5.41, 5.74) is 2.53. The van der Waals surface area contributed by atoms with Crippen molar-refractivity contribution >= 4 is 5.69 Å². The standard InChI is InChI=1S/C14H23N3O/c1-3-6-15-9-12-4-7-16-10-14(12)17(2)13-5-8-18-11-13/h4,7,10,13,15H,3,5-6,8-9,11H2,1-2H3. The van der Waals surface area contributed by atoms with Crippen molar-refractivity contribution < 1.29 is 4.74 Å². The van der Waals surface area contributed by atoms with E-state index in [9.17, 15) is 0 Å². The predicted octanol–water partition coefficient (Wildman–Crippen LogP) is 1.81. The lowest BCUT2D eigenvalue weighted by Gasteiger charge is -2.27. The van der Waals surface area contributed by atoms with Crippen molar-refractivity contribution in [2.24, 2.45) is 0 Å². The molecule has 0 radical (unpaired) electrons. The molecule has 1 unspecified atom stereocenters. The zero-order valence-corrected chi connectivity index (χ0v) is 11.4. The van der Waals surface area contributed by atoms with E-state index in [-0.39, 0.29) is 0 Å². The van der Waals surface area contributed by atoms with Gasteiger partial charge < -0.3 is 15.0 Å². The van der Waals surface area contributed by atoms with Gasteiger partial charge in [-0.3, -0.25) is 4.98 Å². The molecule has 0 amide bonds. The quantitative estimate of drug-likeness (QED) is 0.780. The highest BCUT2D eigenvalue weighted by Crippen LogP contribution is 2.23. The first-order chi connectivity index (χ1) is 8.83. The fraction of sp³-hybridized carbons (Fsp3) is 0.643. The summed E-state index contributed by atoms with van der Waals surface area (Å²) < 4.78 is 5.46. The summed E-state index contributed by atoms with van der Waals surface area (Å²) in [4.78, 5) is 6.56. The molecule has 1 saturated heterocycles. The van der Waals surface area contributed by atoms with Crippen LogP contribution < -0.4 is 10.2 Å². The number of aromatic nitrogens is 1. The number of likely N-dealkylation sites (N-methyl/N-ethyl adjacent to an activating group) is 1. The molecule has 0 saturated carbocycles. The van der Waals surface area contributed by atoms with E-state index in [0.717, 1.165) is 39.1 Å². The molecule has 0 spiro atoms. The van der Waals surface area contributed by atoms with Crippen molar-refractivity contribution in [3.63, 3.8) is 0 Å². The van der Waals surface area contributed by atoms with Crippen LogP contribution in [0, 0.1) is 0 Å². The number of hydrogen-bond donors (Lipinski definition) is 1. The van der Waals surface area contributed by atoms with Gasteiger partial charge in [0.05, 0.1) is 24.5 Å². The Balaban J connectivity index is 2.05. The van der Waals surface area contributed by atoms with Gasteiger partial charge in [0.1, 0.15) is 0 Å². The highest BCUT2D eigenvalue weighted by atomic mass is 16.5. The van der Waals surface area contributed by atoms with Gasteiger partial charge >= 0.3 is 0 Å². The lowest BCUT2D eigenvalue weighted by molar-refractivity contribution is 0.193. The van der Waals surface area contributed by atoms with Gasteiger partial charge in [0, 0.05) is 26.4 Å². The van der Waals surface area contributed by atoms with E-state index in [1.165, 1.54) is 11.3 Å². The van der Waals surface area contributed by atoms with E-state index in [1.54, 1.807) is 0 Å². The molecule has 1 aromatic heterocycles. The van der Waals surface area contributed by atoms with Gasteiger partial charge in [0.15, 0.2) is 0 Å². The van der Waals surface area contributed by atoms with Crippen LogP contribution >= 0.6 is 0 Å². The number of nitrogens with zero attached hydrogens (tertiary/aromatic N) is 2. The maximum atomic E-state index is 5.46. The molecule has 4 heteroatoms. The van der Waals surface area contributed by atoms with Crippen LogP contribution in [0.2, 0.25) is 0 Å².